The van der Waals surface area contributed by atoms with Crippen molar-refractivity contribution in [2.24, 2.45) is 5.92 Å². The van der Waals surface area contributed by atoms with E-state index >= 15 is 0 Å². The first-order valence-corrected chi connectivity index (χ1v) is 10.9. The zero-order valence-corrected chi connectivity index (χ0v) is 16.7. The Morgan fingerprint density at radius 2 is 1.61 bits per heavy atom. The number of rotatable bonds is 6. The molecule has 0 amide bonds. The third-order valence-corrected chi connectivity index (χ3v) is 6.51. The van der Waals surface area contributed by atoms with E-state index in [1.807, 2.05) is 67.6 Å². The summed E-state index contributed by atoms with van der Waals surface area (Å²) in [4.78, 5) is 12.4. The van der Waals surface area contributed by atoms with E-state index in [4.69, 9.17) is 4.74 Å². The van der Waals surface area contributed by atoms with Gasteiger partial charge in [-0.25, -0.2) is 8.42 Å². The molecule has 1 unspecified atom stereocenters. The first-order chi connectivity index (χ1) is 13.5. The van der Waals surface area contributed by atoms with Gasteiger partial charge < -0.3 is 4.74 Å². The highest BCUT2D eigenvalue weighted by Crippen LogP contribution is 2.25. The van der Waals surface area contributed by atoms with Crippen LogP contribution >= 0.6 is 0 Å². The minimum Gasteiger partial charge on any atom is -0.458 e. The van der Waals surface area contributed by atoms with Gasteiger partial charge in [-0.15, -0.1) is 0 Å². The van der Waals surface area contributed by atoms with Gasteiger partial charge in [0.1, 0.15) is 6.10 Å². The van der Waals surface area contributed by atoms with Gasteiger partial charge in [0.2, 0.25) is 10.0 Å². The van der Waals surface area contributed by atoms with Gasteiger partial charge >= 0.3 is 5.97 Å². The largest absolute Gasteiger partial charge is 0.458 e. The van der Waals surface area contributed by atoms with Crippen LogP contribution in [0.25, 0.3) is 6.08 Å². The summed E-state index contributed by atoms with van der Waals surface area (Å²) in [6, 6.07) is 18.9. The Labute approximate surface area is 166 Å². The second-order valence-corrected chi connectivity index (χ2v) is 8.74. The molecular weight excluding hydrogens is 374 g/mol. The summed E-state index contributed by atoms with van der Waals surface area (Å²) in [6.07, 6.45) is 2.22. The molecule has 0 spiro atoms. The third-order valence-electron chi connectivity index (χ3n) is 4.94. The van der Waals surface area contributed by atoms with Crippen LogP contribution in [0.5, 0.6) is 0 Å². The number of hydrogen-bond donors (Lipinski definition) is 0. The van der Waals surface area contributed by atoms with Gasteiger partial charge in [0, 0.05) is 18.5 Å². The zero-order valence-electron chi connectivity index (χ0n) is 15.9. The van der Waals surface area contributed by atoms with Gasteiger partial charge in [0.25, 0.3) is 0 Å². The van der Waals surface area contributed by atoms with Crippen molar-refractivity contribution in [3.63, 3.8) is 0 Å². The van der Waals surface area contributed by atoms with Crippen molar-refractivity contribution in [3.8, 4) is 0 Å². The molecule has 3 rings (SSSR count). The number of carbonyl (C=O) groups is 1. The number of esters is 1. The molecule has 1 heterocycles. The van der Waals surface area contributed by atoms with Crippen LogP contribution in [0.1, 0.15) is 37.0 Å². The first-order valence-electron chi connectivity index (χ1n) is 9.44. The van der Waals surface area contributed by atoms with Crippen molar-refractivity contribution in [2.45, 2.75) is 25.9 Å². The van der Waals surface area contributed by atoms with E-state index in [0.717, 1.165) is 11.1 Å². The zero-order chi connectivity index (χ0) is 20.0. The highest BCUT2D eigenvalue weighted by atomic mass is 32.2. The van der Waals surface area contributed by atoms with Crippen molar-refractivity contribution in [3.05, 3.63) is 77.2 Å². The van der Waals surface area contributed by atoms with Crippen LogP contribution in [-0.2, 0) is 19.6 Å². The normalized spacial score (nSPS) is 17.5. The molecule has 0 saturated carbocycles. The van der Waals surface area contributed by atoms with Gasteiger partial charge in [-0.2, -0.15) is 4.31 Å². The van der Waals surface area contributed by atoms with Gasteiger partial charge in [0.05, 0.1) is 5.92 Å². The van der Waals surface area contributed by atoms with Crippen LogP contribution in [0.4, 0.5) is 0 Å². The molecule has 1 atom stereocenters. The Bertz CT molecular complexity index is 902. The lowest BCUT2D eigenvalue weighted by Gasteiger charge is -2.29. The van der Waals surface area contributed by atoms with Crippen molar-refractivity contribution in [1.29, 1.82) is 0 Å². The fourth-order valence-corrected chi connectivity index (χ4v) is 4.44. The topological polar surface area (TPSA) is 63.7 Å². The maximum absolute atomic E-state index is 12.5. The predicted molar refractivity (Wildman–Crippen MR) is 110 cm³/mol. The fourth-order valence-electron chi connectivity index (χ4n) is 3.22. The Balaban J connectivity index is 1.53. The number of carbonyl (C=O) groups excluding carboxylic acids is 1. The molecule has 1 saturated heterocycles. The molecular formula is C22H25NO4S. The van der Waals surface area contributed by atoms with E-state index in [1.165, 1.54) is 9.71 Å². The fraction of sp³-hybridized carbons (Fsp3) is 0.318. The van der Waals surface area contributed by atoms with Crippen molar-refractivity contribution >= 4 is 22.1 Å². The van der Waals surface area contributed by atoms with Gasteiger partial charge in [-0.05, 0) is 37.0 Å². The molecule has 148 valence electrons. The summed E-state index contributed by atoms with van der Waals surface area (Å²) < 4.78 is 32.1. The minimum absolute atomic E-state index is 0.256. The summed E-state index contributed by atoms with van der Waals surface area (Å²) in [5.41, 5.74) is 1.78. The molecule has 5 nitrogen and oxygen atoms in total. The lowest BCUT2D eigenvalue weighted by Crippen LogP contribution is -2.39. The molecule has 0 aromatic heterocycles. The van der Waals surface area contributed by atoms with Crippen molar-refractivity contribution < 1.29 is 17.9 Å². The number of benzene rings is 2. The summed E-state index contributed by atoms with van der Waals surface area (Å²) in [6.45, 7) is 2.49. The van der Waals surface area contributed by atoms with E-state index in [1.54, 1.807) is 6.08 Å². The Kier molecular flexibility index (Phi) is 6.65. The molecule has 1 aliphatic heterocycles. The number of piperidine rings is 1. The second-order valence-electron chi connectivity index (χ2n) is 6.92. The van der Waals surface area contributed by atoms with Gasteiger partial charge in [-0.3, -0.25) is 4.79 Å². The highest BCUT2D eigenvalue weighted by Gasteiger charge is 2.31. The summed E-state index contributed by atoms with van der Waals surface area (Å²) >= 11 is 0. The van der Waals surface area contributed by atoms with Crippen LogP contribution in [0.3, 0.4) is 0 Å². The molecule has 2 aromatic rings. The Morgan fingerprint density at radius 1 is 1.04 bits per heavy atom. The van der Waals surface area contributed by atoms with Crippen LogP contribution in [0.2, 0.25) is 0 Å². The molecule has 6 heteroatoms. The highest BCUT2D eigenvalue weighted by molar-refractivity contribution is 7.92. The van der Waals surface area contributed by atoms with E-state index in [0.29, 0.717) is 25.9 Å². The minimum atomic E-state index is -3.50. The Hall–Kier alpha value is -2.44. The standard InChI is InChI=1S/C22H25NO4S/c1-18(20-10-6-3-7-11-20)27-22(24)21-12-15-23(16-13-21)28(25,26)17-14-19-8-4-2-5-9-19/h2-11,14,17-18,21H,12-13,15-16H2,1H3. The Morgan fingerprint density at radius 3 is 2.21 bits per heavy atom. The van der Waals surface area contributed by atoms with Gasteiger partial charge in [0.15, 0.2) is 0 Å². The maximum Gasteiger partial charge on any atom is 0.309 e. The average molecular weight is 400 g/mol. The SMILES string of the molecule is CC(OC(=O)C1CCN(S(=O)(=O)C=Cc2ccccc2)CC1)c1ccccc1. The lowest BCUT2D eigenvalue weighted by atomic mass is 9.98. The number of ether oxygens (including phenoxy) is 1. The molecule has 1 aliphatic rings. The summed E-state index contributed by atoms with van der Waals surface area (Å²) in [5.74, 6) is -0.524. The van der Waals surface area contributed by atoms with E-state index in [2.05, 4.69) is 0 Å². The average Bonchev–Trinajstić information content (AvgIpc) is 2.74. The van der Waals surface area contributed by atoms with E-state index < -0.39 is 10.0 Å². The van der Waals surface area contributed by atoms with Gasteiger partial charge in [-0.1, -0.05) is 60.7 Å². The van der Waals surface area contributed by atoms with Crippen LogP contribution in [0, 0.1) is 5.92 Å². The van der Waals surface area contributed by atoms with Crippen molar-refractivity contribution in [1.82, 2.24) is 4.31 Å². The number of nitrogens with zero attached hydrogens (tertiary/aromatic N) is 1. The van der Waals surface area contributed by atoms with Crippen molar-refractivity contribution in [2.75, 3.05) is 13.1 Å². The molecule has 28 heavy (non-hydrogen) atoms. The van der Waals surface area contributed by atoms with Crippen LogP contribution in [-0.4, -0.2) is 31.8 Å². The molecule has 2 aromatic carbocycles. The quantitative estimate of drug-likeness (QED) is 0.689. The van der Waals surface area contributed by atoms with Crippen LogP contribution in [0.15, 0.2) is 66.1 Å². The number of hydrogen-bond acceptors (Lipinski definition) is 4. The first kappa shape index (κ1) is 20.3. The monoisotopic (exact) mass is 399 g/mol. The van der Waals surface area contributed by atoms with E-state index in [-0.39, 0.29) is 18.0 Å². The molecule has 0 N–H and O–H groups in total. The third kappa shape index (κ3) is 5.30. The number of sulfonamides is 1. The van der Waals surface area contributed by atoms with Crippen LogP contribution < -0.4 is 0 Å². The molecule has 0 radical (unpaired) electrons. The summed E-state index contributed by atoms with van der Waals surface area (Å²) in [7, 11) is -3.50. The lowest BCUT2D eigenvalue weighted by molar-refractivity contribution is -0.154. The molecule has 0 aliphatic carbocycles. The smallest absolute Gasteiger partial charge is 0.309 e. The predicted octanol–water partition coefficient (Wildman–Crippen LogP) is 4.00. The second kappa shape index (κ2) is 9.17. The van der Waals surface area contributed by atoms with E-state index in [9.17, 15) is 13.2 Å². The maximum atomic E-state index is 12.5. The molecule has 1 fully saturated rings. The summed E-state index contributed by atoms with van der Waals surface area (Å²) in [5, 5.41) is 1.23. The molecule has 0 bridgehead atoms.